The van der Waals surface area contributed by atoms with E-state index in [1.54, 1.807) is 6.07 Å². The van der Waals surface area contributed by atoms with Crippen LogP contribution in [0, 0.1) is 11.3 Å². The number of nitriles is 1. The van der Waals surface area contributed by atoms with Gasteiger partial charge >= 0.3 is 5.97 Å². The first-order valence-electron chi connectivity index (χ1n) is 11.3. The molecular weight excluding hydrogens is 446 g/mol. The number of carboxylic acids is 1. The van der Waals surface area contributed by atoms with Gasteiger partial charge in [0.15, 0.2) is 0 Å². The van der Waals surface area contributed by atoms with Crippen LogP contribution in [0.4, 0.5) is 0 Å². The zero-order valence-corrected chi connectivity index (χ0v) is 19.1. The van der Waals surface area contributed by atoms with Crippen LogP contribution in [0.2, 0.25) is 0 Å². The first kappa shape index (κ1) is 22.5. The van der Waals surface area contributed by atoms with E-state index in [0.717, 1.165) is 29.4 Å². The monoisotopic (exact) mass is 469 g/mol. The molecule has 0 spiro atoms. The van der Waals surface area contributed by atoms with E-state index in [1.807, 2.05) is 42.5 Å². The molecule has 7 heteroatoms. The van der Waals surface area contributed by atoms with Gasteiger partial charge in [-0.1, -0.05) is 24.3 Å². The van der Waals surface area contributed by atoms with Gasteiger partial charge < -0.3 is 23.7 Å². The van der Waals surface area contributed by atoms with Gasteiger partial charge in [0.1, 0.15) is 35.0 Å². The summed E-state index contributed by atoms with van der Waals surface area (Å²) in [5.74, 6) is 0.506. The number of fused-ring (bicyclic) bond motifs is 1. The average molecular weight is 469 g/mol. The highest BCUT2D eigenvalue weighted by molar-refractivity contribution is 5.96. The number of rotatable bonds is 6. The highest BCUT2D eigenvalue weighted by Crippen LogP contribution is 2.39. The topological polar surface area (TPSA) is 102 Å². The number of carbonyl (C=O) groups is 1. The summed E-state index contributed by atoms with van der Waals surface area (Å²) in [7, 11) is 1.49. The number of benzene rings is 3. The maximum Gasteiger partial charge on any atom is 0.335 e. The van der Waals surface area contributed by atoms with Crippen LogP contribution in [-0.4, -0.2) is 37.5 Å². The molecule has 4 aromatic rings. The Morgan fingerprint density at radius 2 is 1.86 bits per heavy atom. The van der Waals surface area contributed by atoms with Gasteiger partial charge in [-0.05, 0) is 42.0 Å². The fourth-order valence-electron chi connectivity index (χ4n) is 4.31. The number of hydrogen-bond donors (Lipinski definition) is 1. The molecule has 1 fully saturated rings. The molecule has 0 atom stereocenters. The number of ether oxygens (including phenoxy) is 3. The Kier molecular flexibility index (Phi) is 6.13. The minimum Gasteiger partial charge on any atom is -0.496 e. The molecule has 1 aliphatic heterocycles. The Bertz CT molecular complexity index is 1440. The summed E-state index contributed by atoms with van der Waals surface area (Å²) >= 11 is 0. The van der Waals surface area contributed by atoms with Crippen molar-refractivity contribution in [2.45, 2.75) is 18.9 Å². The van der Waals surface area contributed by atoms with Gasteiger partial charge in [0.25, 0.3) is 0 Å². The molecule has 0 aliphatic carbocycles. The molecule has 1 saturated heterocycles. The molecule has 5 rings (SSSR count). The van der Waals surface area contributed by atoms with Crippen molar-refractivity contribution in [2.24, 2.45) is 0 Å². The zero-order chi connectivity index (χ0) is 24.4. The van der Waals surface area contributed by atoms with Crippen molar-refractivity contribution in [1.29, 1.82) is 5.26 Å². The van der Waals surface area contributed by atoms with Gasteiger partial charge in [-0.15, -0.1) is 0 Å². The predicted molar refractivity (Wildman–Crippen MR) is 130 cm³/mol. The van der Waals surface area contributed by atoms with Crippen molar-refractivity contribution in [2.75, 3.05) is 20.3 Å². The van der Waals surface area contributed by atoms with Crippen LogP contribution in [0.5, 0.6) is 11.5 Å². The second-order valence-electron chi connectivity index (χ2n) is 8.31. The first-order chi connectivity index (χ1) is 17.1. The Morgan fingerprint density at radius 3 is 2.60 bits per heavy atom. The summed E-state index contributed by atoms with van der Waals surface area (Å²) in [4.78, 5) is 11.3. The van der Waals surface area contributed by atoms with E-state index >= 15 is 0 Å². The van der Waals surface area contributed by atoms with Gasteiger partial charge in [-0.2, -0.15) is 5.26 Å². The van der Waals surface area contributed by atoms with E-state index in [0.29, 0.717) is 47.2 Å². The fraction of sp³-hybridized carbons (Fsp3) is 0.214. The standard InChI is InChI=1S/C28H23NO6/c1-32-25-15-19(28(30)31)5-7-23(25)26-14-18-3-2-4-22(27(18)35-26)17-6-8-24(20(13-17)16-29)34-21-9-11-33-12-10-21/h2-8,13-15,21H,9-12H2,1H3,(H,30,31). The van der Waals surface area contributed by atoms with Crippen molar-refractivity contribution in [3.63, 3.8) is 0 Å². The van der Waals surface area contributed by atoms with Crippen LogP contribution in [0.1, 0.15) is 28.8 Å². The number of furan rings is 1. The molecule has 1 N–H and O–H groups in total. The van der Waals surface area contributed by atoms with Crippen LogP contribution < -0.4 is 9.47 Å². The highest BCUT2D eigenvalue weighted by atomic mass is 16.5. The van der Waals surface area contributed by atoms with E-state index in [4.69, 9.17) is 18.6 Å². The third-order valence-corrected chi connectivity index (χ3v) is 6.13. The van der Waals surface area contributed by atoms with Gasteiger partial charge in [0, 0.05) is 23.8 Å². The molecular formula is C28H23NO6. The summed E-state index contributed by atoms with van der Waals surface area (Å²) in [6, 6.07) is 20.2. The highest BCUT2D eigenvalue weighted by Gasteiger charge is 2.19. The fourth-order valence-corrected chi connectivity index (χ4v) is 4.31. The average Bonchev–Trinajstić information content (AvgIpc) is 3.33. The van der Waals surface area contributed by atoms with Crippen molar-refractivity contribution < 1.29 is 28.5 Å². The van der Waals surface area contributed by atoms with Crippen LogP contribution in [-0.2, 0) is 4.74 Å². The minimum absolute atomic E-state index is 0.0419. The summed E-state index contributed by atoms with van der Waals surface area (Å²) in [5, 5.41) is 19.9. The summed E-state index contributed by atoms with van der Waals surface area (Å²) < 4.78 is 23.2. The molecule has 1 aromatic heterocycles. The lowest BCUT2D eigenvalue weighted by atomic mass is 10.0. The Hall–Kier alpha value is -4.28. The number of nitrogens with zero attached hydrogens (tertiary/aromatic N) is 1. The maximum atomic E-state index is 11.3. The second kappa shape index (κ2) is 9.53. The summed E-state index contributed by atoms with van der Waals surface area (Å²) in [6.45, 7) is 1.33. The Balaban J connectivity index is 1.53. The maximum absolute atomic E-state index is 11.3. The van der Waals surface area contributed by atoms with Crippen molar-refractivity contribution >= 4 is 16.9 Å². The lowest BCUT2D eigenvalue weighted by Crippen LogP contribution is -2.26. The van der Waals surface area contributed by atoms with Crippen LogP contribution in [0.3, 0.4) is 0 Å². The summed E-state index contributed by atoms with van der Waals surface area (Å²) in [6.07, 6.45) is 1.65. The molecule has 3 aromatic carbocycles. The van der Waals surface area contributed by atoms with E-state index in [-0.39, 0.29) is 11.7 Å². The van der Waals surface area contributed by atoms with E-state index < -0.39 is 5.97 Å². The van der Waals surface area contributed by atoms with Crippen LogP contribution in [0.15, 0.2) is 65.1 Å². The van der Waals surface area contributed by atoms with E-state index in [2.05, 4.69) is 6.07 Å². The number of methoxy groups -OCH3 is 1. The van der Waals surface area contributed by atoms with E-state index in [1.165, 1.54) is 19.2 Å². The Labute approximate surface area is 202 Å². The molecule has 0 radical (unpaired) electrons. The van der Waals surface area contributed by atoms with Gasteiger partial charge in [0.05, 0.1) is 37.0 Å². The SMILES string of the molecule is COc1cc(C(=O)O)ccc1-c1cc2cccc(-c3ccc(OC4CCOCC4)c(C#N)c3)c2o1. The van der Waals surface area contributed by atoms with Crippen LogP contribution >= 0.6 is 0 Å². The normalized spacial score (nSPS) is 13.9. The molecule has 1 aliphatic rings. The first-order valence-corrected chi connectivity index (χ1v) is 11.3. The smallest absolute Gasteiger partial charge is 0.335 e. The molecule has 35 heavy (non-hydrogen) atoms. The van der Waals surface area contributed by atoms with Crippen molar-refractivity contribution in [1.82, 2.24) is 0 Å². The van der Waals surface area contributed by atoms with Crippen molar-refractivity contribution in [3.8, 4) is 40.0 Å². The minimum atomic E-state index is -1.03. The molecule has 176 valence electrons. The van der Waals surface area contributed by atoms with Crippen molar-refractivity contribution in [3.05, 3.63) is 71.8 Å². The Morgan fingerprint density at radius 1 is 1.03 bits per heavy atom. The van der Waals surface area contributed by atoms with Gasteiger partial charge in [-0.3, -0.25) is 0 Å². The molecule has 0 amide bonds. The van der Waals surface area contributed by atoms with Gasteiger partial charge in [0.2, 0.25) is 0 Å². The number of carboxylic acid groups (broad SMARTS) is 1. The molecule has 0 bridgehead atoms. The second-order valence-corrected chi connectivity index (χ2v) is 8.31. The third kappa shape index (κ3) is 4.44. The lowest BCUT2D eigenvalue weighted by molar-refractivity contribution is 0.0254. The largest absolute Gasteiger partial charge is 0.496 e. The molecule has 0 saturated carbocycles. The molecule has 2 heterocycles. The van der Waals surface area contributed by atoms with E-state index in [9.17, 15) is 15.2 Å². The molecule has 0 unspecified atom stereocenters. The number of aromatic carboxylic acids is 1. The van der Waals surface area contributed by atoms with Gasteiger partial charge in [-0.25, -0.2) is 4.79 Å². The quantitative estimate of drug-likeness (QED) is 0.375. The zero-order valence-electron chi connectivity index (χ0n) is 19.1. The summed E-state index contributed by atoms with van der Waals surface area (Å²) in [5.41, 5.74) is 3.58. The predicted octanol–water partition coefficient (Wildman–Crippen LogP) is 5.90. The molecule has 7 nitrogen and oxygen atoms in total. The lowest BCUT2D eigenvalue weighted by Gasteiger charge is -2.23. The number of para-hydroxylation sites is 1. The van der Waals surface area contributed by atoms with Crippen LogP contribution in [0.25, 0.3) is 33.4 Å². The third-order valence-electron chi connectivity index (χ3n) is 6.13. The number of hydrogen-bond acceptors (Lipinski definition) is 6.